The Morgan fingerprint density at radius 2 is 2.10 bits per heavy atom. The molecule has 20 heavy (non-hydrogen) atoms. The van der Waals surface area contributed by atoms with Crippen molar-refractivity contribution in [3.63, 3.8) is 0 Å². The maximum Gasteiger partial charge on any atom is 0.223 e. The molecule has 1 amide bonds. The van der Waals surface area contributed by atoms with Crippen LogP contribution in [0.25, 0.3) is 0 Å². The van der Waals surface area contributed by atoms with E-state index in [2.05, 4.69) is 29.2 Å². The fourth-order valence-corrected chi connectivity index (χ4v) is 4.11. The van der Waals surface area contributed by atoms with Crippen LogP contribution < -0.4 is 0 Å². The molecule has 3 rings (SSSR count). The van der Waals surface area contributed by atoms with E-state index >= 15 is 0 Å². The van der Waals surface area contributed by atoms with Crippen molar-refractivity contribution < 1.29 is 9.90 Å². The summed E-state index contributed by atoms with van der Waals surface area (Å²) in [6.07, 6.45) is 5.63. The highest BCUT2D eigenvalue weighted by atomic mass is 16.3. The van der Waals surface area contributed by atoms with Crippen molar-refractivity contribution in [2.45, 2.75) is 44.1 Å². The van der Waals surface area contributed by atoms with Crippen molar-refractivity contribution in [1.29, 1.82) is 0 Å². The number of piperidine rings is 1. The van der Waals surface area contributed by atoms with Crippen molar-refractivity contribution in [2.75, 3.05) is 13.2 Å². The van der Waals surface area contributed by atoms with Crippen molar-refractivity contribution in [2.24, 2.45) is 5.92 Å². The highest BCUT2D eigenvalue weighted by Gasteiger charge is 2.51. The number of fused-ring (bicyclic) bond motifs is 1. The summed E-state index contributed by atoms with van der Waals surface area (Å²) in [5, 5.41) is 9.75. The van der Waals surface area contributed by atoms with Gasteiger partial charge in [-0.05, 0) is 37.7 Å². The molecule has 3 nitrogen and oxygen atoms in total. The van der Waals surface area contributed by atoms with E-state index in [4.69, 9.17) is 0 Å². The van der Waals surface area contributed by atoms with Gasteiger partial charge in [0.05, 0.1) is 0 Å². The summed E-state index contributed by atoms with van der Waals surface area (Å²) in [5.74, 6) is 0.544. The van der Waals surface area contributed by atoms with E-state index in [-0.39, 0.29) is 24.0 Å². The number of rotatable bonds is 4. The van der Waals surface area contributed by atoms with E-state index in [9.17, 15) is 9.90 Å². The Bertz CT molecular complexity index is 473. The summed E-state index contributed by atoms with van der Waals surface area (Å²) >= 11 is 0. The average molecular weight is 273 g/mol. The number of carbonyl (C=O) groups is 1. The summed E-state index contributed by atoms with van der Waals surface area (Å²) in [6.45, 7) is 1.09. The van der Waals surface area contributed by atoms with Gasteiger partial charge in [-0.3, -0.25) is 4.79 Å². The van der Waals surface area contributed by atoms with Crippen molar-refractivity contribution >= 4 is 5.91 Å². The van der Waals surface area contributed by atoms with E-state index in [1.807, 2.05) is 6.07 Å². The molecule has 1 aromatic carbocycles. The van der Waals surface area contributed by atoms with Gasteiger partial charge in [0.15, 0.2) is 0 Å². The molecule has 0 spiro atoms. The van der Waals surface area contributed by atoms with Crippen LogP contribution in [0.1, 0.15) is 37.7 Å². The summed E-state index contributed by atoms with van der Waals surface area (Å²) in [6, 6.07) is 10.5. The van der Waals surface area contributed by atoms with Crippen LogP contribution in [-0.2, 0) is 11.2 Å². The van der Waals surface area contributed by atoms with E-state index in [1.165, 1.54) is 5.56 Å². The summed E-state index contributed by atoms with van der Waals surface area (Å²) in [7, 11) is 0. The second kappa shape index (κ2) is 5.57. The van der Waals surface area contributed by atoms with Gasteiger partial charge in [0.1, 0.15) is 0 Å². The zero-order chi connectivity index (χ0) is 14.0. The van der Waals surface area contributed by atoms with Crippen LogP contribution in [0.3, 0.4) is 0 Å². The normalized spacial score (nSPS) is 29.6. The molecule has 0 aromatic heterocycles. The Balaban J connectivity index is 1.80. The second-order valence-electron chi connectivity index (χ2n) is 6.16. The molecule has 2 fully saturated rings. The Morgan fingerprint density at radius 1 is 1.30 bits per heavy atom. The number of hydrogen-bond acceptors (Lipinski definition) is 2. The van der Waals surface area contributed by atoms with Gasteiger partial charge in [0.2, 0.25) is 5.91 Å². The molecule has 0 unspecified atom stereocenters. The first-order valence-electron chi connectivity index (χ1n) is 7.71. The van der Waals surface area contributed by atoms with Crippen LogP contribution in [0.2, 0.25) is 0 Å². The first-order chi connectivity index (χ1) is 9.76. The number of amides is 1. The maximum absolute atomic E-state index is 12.1. The largest absolute Gasteiger partial charge is 0.396 e. The zero-order valence-electron chi connectivity index (χ0n) is 11.9. The molecule has 0 radical (unpaired) electrons. The number of aliphatic hydroxyl groups excluding tert-OH is 1. The summed E-state index contributed by atoms with van der Waals surface area (Å²) in [5.41, 5.74) is 1.24. The number of aryl methyl sites for hydroxylation is 1. The number of benzene rings is 1. The third-order valence-electron chi connectivity index (χ3n) is 5.21. The SMILES string of the molecule is O=C1CC[C@@]2(CCc3ccccc3)[C@H](CO)CCCN12. The van der Waals surface area contributed by atoms with Crippen molar-refractivity contribution in [3.8, 4) is 0 Å². The third-order valence-corrected chi connectivity index (χ3v) is 5.21. The predicted molar refractivity (Wildman–Crippen MR) is 78.3 cm³/mol. The molecule has 2 heterocycles. The molecule has 3 heteroatoms. The Labute approximate surface area is 120 Å². The minimum Gasteiger partial charge on any atom is -0.396 e. The fraction of sp³-hybridized carbons (Fsp3) is 0.588. The smallest absolute Gasteiger partial charge is 0.223 e. The van der Waals surface area contributed by atoms with Crippen molar-refractivity contribution in [3.05, 3.63) is 35.9 Å². The zero-order valence-corrected chi connectivity index (χ0v) is 11.9. The van der Waals surface area contributed by atoms with Gasteiger partial charge in [0, 0.05) is 31.0 Å². The molecule has 2 atom stereocenters. The first-order valence-corrected chi connectivity index (χ1v) is 7.71. The third kappa shape index (κ3) is 2.24. The molecule has 2 aliphatic rings. The van der Waals surface area contributed by atoms with Crippen LogP contribution >= 0.6 is 0 Å². The van der Waals surface area contributed by atoms with Crippen LogP contribution in [0, 0.1) is 5.92 Å². The minimum atomic E-state index is -0.0834. The monoisotopic (exact) mass is 273 g/mol. The molecular weight excluding hydrogens is 250 g/mol. The van der Waals surface area contributed by atoms with Crippen LogP contribution in [0.15, 0.2) is 30.3 Å². The molecule has 0 bridgehead atoms. The highest BCUT2D eigenvalue weighted by Crippen LogP contribution is 2.45. The number of hydrogen-bond donors (Lipinski definition) is 1. The van der Waals surface area contributed by atoms with E-state index in [0.29, 0.717) is 6.42 Å². The van der Waals surface area contributed by atoms with Gasteiger partial charge in [-0.15, -0.1) is 0 Å². The lowest BCUT2D eigenvalue weighted by molar-refractivity contribution is -0.136. The molecule has 1 N–H and O–H groups in total. The highest BCUT2D eigenvalue weighted by molar-refractivity contribution is 5.80. The summed E-state index contributed by atoms with van der Waals surface area (Å²) < 4.78 is 0. The maximum atomic E-state index is 12.1. The van der Waals surface area contributed by atoms with Crippen LogP contribution in [-0.4, -0.2) is 34.6 Å². The number of aliphatic hydroxyl groups is 1. The second-order valence-corrected chi connectivity index (χ2v) is 6.16. The lowest BCUT2D eigenvalue weighted by Gasteiger charge is -2.48. The molecule has 108 valence electrons. The quantitative estimate of drug-likeness (QED) is 0.915. The van der Waals surface area contributed by atoms with E-state index < -0.39 is 0 Å². The average Bonchev–Trinajstić information content (AvgIpc) is 2.84. The lowest BCUT2D eigenvalue weighted by Crippen LogP contribution is -2.56. The lowest BCUT2D eigenvalue weighted by atomic mass is 9.73. The van der Waals surface area contributed by atoms with Crippen LogP contribution in [0.5, 0.6) is 0 Å². The molecule has 2 saturated heterocycles. The number of nitrogens with zero attached hydrogens (tertiary/aromatic N) is 1. The number of carbonyl (C=O) groups excluding carboxylic acids is 1. The van der Waals surface area contributed by atoms with Gasteiger partial charge in [-0.2, -0.15) is 0 Å². The first kappa shape index (κ1) is 13.6. The molecule has 0 saturated carbocycles. The Hall–Kier alpha value is -1.35. The van der Waals surface area contributed by atoms with Gasteiger partial charge in [-0.1, -0.05) is 30.3 Å². The van der Waals surface area contributed by atoms with Gasteiger partial charge in [-0.25, -0.2) is 0 Å². The van der Waals surface area contributed by atoms with E-state index in [0.717, 1.165) is 38.6 Å². The summed E-state index contributed by atoms with van der Waals surface area (Å²) in [4.78, 5) is 14.2. The van der Waals surface area contributed by atoms with Gasteiger partial charge < -0.3 is 10.0 Å². The van der Waals surface area contributed by atoms with Crippen molar-refractivity contribution in [1.82, 2.24) is 4.90 Å². The Morgan fingerprint density at radius 3 is 2.85 bits per heavy atom. The minimum absolute atomic E-state index is 0.0834. The van der Waals surface area contributed by atoms with Crippen LogP contribution in [0.4, 0.5) is 0 Å². The topological polar surface area (TPSA) is 40.5 Å². The molecule has 0 aliphatic carbocycles. The predicted octanol–water partition coefficient (Wildman–Crippen LogP) is 2.38. The standard InChI is InChI=1S/C17H23NO2/c19-13-15-7-4-12-18-16(20)9-11-17(15,18)10-8-14-5-2-1-3-6-14/h1-3,5-6,15,19H,4,7-13H2/t15-,17-/m0/s1. The Kier molecular flexibility index (Phi) is 3.79. The van der Waals surface area contributed by atoms with Gasteiger partial charge >= 0.3 is 0 Å². The fourth-order valence-electron chi connectivity index (χ4n) is 4.11. The molecule has 2 aliphatic heterocycles. The van der Waals surface area contributed by atoms with Gasteiger partial charge in [0.25, 0.3) is 0 Å². The molecule has 1 aromatic rings. The molecular formula is C17H23NO2. The van der Waals surface area contributed by atoms with E-state index in [1.54, 1.807) is 0 Å².